The maximum Gasteiger partial charge on any atom is 0.169 e. The third-order valence-electron chi connectivity index (χ3n) is 3.86. The SMILES string of the molecule is CCN1CCOC(C(NC)c2cccc(OC)c2F)C1. The van der Waals surface area contributed by atoms with Crippen LogP contribution in [-0.2, 0) is 4.74 Å². The lowest BCUT2D eigenvalue weighted by atomic mass is 9.99. The Balaban J connectivity index is 2.23. The summed E-state index contributed by atoms with van der Waals surface area (Å²) < 4.78 is 25.3. The van der Waals surface area contributed by atoms with Crippen LogP contribution < -0.4 is 10.1 Å². The highest BCUT2D eigenvalue weighted by Gasteiger charge is 2.30. The van der Waals surface area contributed by atoms with E-state index >= 15 is 0 Å². The van der Waals surface area contributed by atoms with Crippen molar-refractivity contribution < 1.29 is 13.9 Å². The third kappa shape index (κ3) is 3.11. The largest absolute Gasteiger partial charge is 0.494 e. The molecule has 0 radical (unpaired) electrons. The van der Waals surface area contributed by atoms with Crippen molar-refractivity contribution in [3.63, 3.8) is 0 Å². The first-order valence-corrected chi connectivity index (χ1v) is 7.04. The van der Waals surface area contributed by atoms with Crippen LogP contribution in [0.5, 0.6) is 5.75 Å². The predicted molar refractivity (Wildman–Crippen MR) is 76.6 cm³/mol. The number of methoxy groups -OCH3 is 1. The zero-order valence-corrected chi connectivity index (χ0v) is 12.4. The van der Waals surface area contributed by atoms with Crippen LogP contribution in [-0.4, -0.2) is 51.4 Å². The fraction of sp³-hybridized carbons (Fsp3) is 0.600. The molecular weight excluding hydrogens is 259 g/mol. The van der Waals surface area contributed by atoms with Gasteiger partial charge in [-0.2, -0.15) is 0 Å². The molecule has 2 atom stereocenters. The summed E-state index contributed by atoms with van der Waals surface area (Å²) in [5.74, 6) is -0.0440. The molecule has 0 spiro atoms. The standard InChI is InChI=1S/C15H23FN2O2/c1-4-18-8-9-20-13(10-18)15(17-2)11-6-5-7-12(19-3)14(11)16/h5-7,13,15,17H,4,8-10H2,1-3H3. The lowest BCUT2D eigenvalue weighted by Gasteiger charge is -2.36. The highest BCUT2D eigenvalue weighted by Crippen LogP contribution is 2.29. The minimum absolute atomic E-state index is 0.0599. The van der Waals surface area contributed by atoms with Crippen molar-refractivity contribution in [3.05, 3.63) is 29.6 Å². The Bertz CT molecular complexity index is 442. The molecule has 1 aliphatic rings. The molecule has 0 saturated carbocycles. The molecule has 1 fully saturated rings. The molecule has 4 nitrogen and oxygen atoms in total. The van der Waals surface area contributed by atoms with Gasteiger partial charge in [-0.3, -0.25) is 4.90 Å². The van der Waals surface area contributed by atoms with E-state index in [1.165, 1.54) is 7.11 Å². The predicted octanol–water partition coefficient (Wildman–Crippen LogP) is 1.82. The topological polar surface area (TPSA) is 33.7 Å². The average molecular weight is 282 g/mol. The number of rotatable bonds is 5. The second kappa shape index (κ2) is 7.02. The second-order valence-corrected chi connectivity index (χ2v) is 4.93. The van der Waals surface area contributed by atoms with Gasteiger partial charge in [0.1, 0.15) is 0 Å². The van der Waals surface area contributed by atoms with Crippen molar-refractivity contribution in [2.24, 2.45) is 0 Å². The summed E-state index contributed by atoms with van der Waals surface area (Å²) in [4.78, 5) is 2.32. The van der Waals surface area contributed by atoms with Gasteiger partial charge in [0, 0.05) is 18.7 Å². The van der Waals surface area contributed by atoms with Crippen LogP contribution in [0.1, 0.15) is 18.5 Å². The molecule has 20 heavy (non-hydrogen) atoms. The van der Waals surface area contributed by atoms with Crippen molar-refractivity contribution in [2.45, 2.75) is 19.1 Å². The minimum atomic E-state index is -0.313. The van der Waals surface area contributed by atoms with E-state index in [4.69, 9.17) is 9.47 Å². The van der Waals surface area contributed by atoms with Gasteiger partial charge in [0.2, 0.25) is 0 Å². The molecule has 1 aromatic carbocycles. The van der Waals surface area contributed by atoms with E-state index in [0.29, 0.717) is 12.2 Å². The smallest absolute Gasteiger partial charge is 0.169 e. The summed E-state index contributed by atoms with van der Waals surface area (Å²) >= 11 is 0. The van der Waals surface area contributed by atoms with E-state index in [1.807, 2.05) is 13.1 Å². The van der Waals surface area contributed by atoms with Crippen LogP contribution in [0.4, 0.5) is 4.39 Å². The van der Waals surface area contributed by atoms with Crippen LogP contribution >= 0.6 is 0 Å². The van der Waals surface area contributed by atoms with Gasteiger partial charge in [-0.05, 0) is 19.7 Å². The van der Waals surface area contributed by atoms with Crippen LogP contribution in [0.15, 0.2) is 18.2 Å². The van der Waals surface area contributed by atoms with E-state index in [-0.39, 0.29) is 23.7 Å². The lowest BCUT2D eigenvalue weighted by Crippen LogP contribution is -2.47. The summed E-state index contributed by atoms with van der Waals surface area (Å²) in [6.07, 6.45) is -0.0599. The highest BCUT2D eigenvalue weighted by molar-refractivity contribution is 5.33. The maximum atomic E-state index is 14.4. The lowest BCUT2D eigenvalue weighted by molar-refractivity contribution is -0.0450. The van der Waals surface area contributed by atoms with Crippen LogP contribution in [0.3, 0.4) is 0 Å². The van der Waals surface area contributed by atoms with Crippen LogP contribution in [0.25, 0.3) is 0 Å². The molecule has 1 aliphatic heterocycles. The first kappa shape index (κ1) is 15.2. The number of benzene rings is 1. The fourth-order valence-corrected chi connectivity index (χ4v) is 2.69. The van der Waals surface area contributed by atoms with Crippen molar-refractivity contribution in [1.29, 1.82) is 0 Å². The summed E-state index contributed by atoms with van der Waals surface area (Å²) in [6, 6.07) is 5.04. The van der Waals surface area contributed by atoms with E-state index in [2.05, 4.69) is 17.1 Å². The molecule has 1 heterocycles. The van der Waals surface area contributed by atoms with Gasteiger partial charge in [0.05, 0.1) is 25.9 Å². The quantitative estimate of drug-likeness (QED) is 0.893. The summed E-state index contributed by atoms with van der Waals surface area (Å²) in [5.41, 5.74) is 0.592. The van der Waals surface area contributed by atoms with Gasteiger partial charge in [0.15, 0.2) is 11.6 Å². The van der Waals surface area contributed by atoms with Gasteiger partial charge < -0.3 is 14.8 Å². The number of hydrogen-bond acceptors (Lipinski definition) is 4. The molecule has 0 bridgehead atoms. The Morgan fingerprint density at radius 2 is 2.35 bits per heavy atom. The zero-order chi connectivity index (χ0) is 14.5. The summed E-state index contributed by atoms with van der Waals surface area (Å²) in [5, 5.41) is 3.18. The molecule has 0 aliphatic carbocycles. The second-order valence-electron chi connectivity index (χ2n) is 4.93. The van der Waals surface area contributed by atoms with E-state index in [9.17, 15) is 4.39 Å². The van der Waals surface area contributed by atoms with Crippen molar-refractivity contribution in [2.75, 3.05) is 40.4 Å². The van der Waals surface area contributed by atoms with Crippen LogP contribution in [0, 0.1) is 5.82 Å². The highest BCUT2D eigenvalue weighted by atomic mass is 19.1. The van der Waals surface area contributed by atoms with E-state index < -0.39 is 0 Å². The number of likely N-dealkylation sites (N-methyl/N-ethyl adjacent to an activating group) is 2. The van der Waals surface area contributed by atoms with Crippen molar-refractivity contribution in [3.8, 4) is 5.75 Å². The minimum Gasteiger partial charge on any atom is -0.494 e. The monoisotopic (exact) mass is 282 g/mol. The molecule has 0 aromatic heterocycles. The Morgan fingerprint density at radius 3 is 3.00 bits per heavy atom. The van der Waals surface area contributed by atoms with Crippen LogP contribution in [0.2, 0.25) is 0 Å². The van der Waals surface area contributed by atoms with Gasteiger partial charge in [0.25, 0.3) is 0 Å². The third-order valence-corrected chi connectivity index (χ3v) is 3.86. The molecular formula is C15H23FN2O2. The maximum absolute atomic E-state index is 14.4. The molecule has 1 saturated heterocycles. The van der Waals surface area contributed by atoms with E-state index in [0.717, 1.165) is 19.6 Å². The molecule has 2 rings (SSSR count). The van der Waals surface area contributed by atoms with Gasteiger partial charge in [-0.25, -0.2) is 4.39 Å². The first-order valence-electron chi connectivity index (χ1n) is 7.04. The molecule has 1 N–H and O–H groups in total. The Morgan fingerprint density at radius 1 is 1.55 bits per heavy atom. The van der Waals surface area contributed by atoms with Crippen molar-refractivity contribution in [1.82, 2.24) is 10.2 Å². The summed E-state index contributed by atoms with van der Waals surface area (Å²) in [6.45, 7) is 5.53. The Labute approximate surface area is 119 Å². The molecule has 1 aromatic rings. The number of hydrogen-bond donors (Lipinski definition) is 1. The van der Waals surface area contributed by atoms with Crippen molar-refractivity contribution >= 4 is 0 Å². The van der Waals surface area contributed by atoms with Gasteiger partial charge >= 0.3 is 0 Å². The normalized spacial score (nSPS) is 21.7. The molecule has 5 heteroatoms. The fourth-order valence-electron chi connectivity index (χ4n) is 2.69. The Kier molecular flexibility index (Phi) is 5.34. The van der Waals surface area contributed by atoms with Gasteiger partial charge in [-0.1, -0.05) is 19.1 Å². The Hall–Kier alpha value is -1.17. The van der Waals surface area contributed by atoms with E-state index in [1.54, 1.807) is 12.1 Å². The number of halogens is 1. The molecule has 112 valence electrons. The number of nitrogens with one attached hydrogen (secondary N) is 1. The average Bonchev–Trinajstić information content (AvgIpc) is 2.50. The van der Waals surface area contributed by atoms with Gasteiger partial charge in [-0.15, -0.1) is 0 Å². The number of nitrogens with zero attached hydrogens (tertiary/aromatic N) is 1. The number of morpholine rings is 1. The molecule has 0 amide bonds. The summed E-state index contributed by atoms with van der Waals surface area (Å²) in [7, 11) is 3.31. The number of ether oxygens (including phenoxy) is 2. The first-order chi connectivity index (χ1) is 9.71. The zero-order valence-electron chi connectivity index (χ0n) is 12.4. The molecule has 2 unspecified atom stereocenters.